The summed E-state index contributed by atoms with van der Waals surface area (Å²) in [6.45, 7) is 3.64. The fourth-order valence-corrected chi connectivity index (χ4v) is 3.77. The van der Waals surface area contributed by atoms with E-state index in [1.165, 1.54) is 62.1 Å². The molecule has 1 fully saturated rings. The Balaban J connectivity index is 0.000000701. The van der Waals surface area contributed by atoms with E-state index < -0.39 is 0 Å². The SMILES string of the molecule is CN1CCC(N2CCCCc3cc(/C=C/C=C\S)ccc32)C1.N=CN. The molecule has 25 heavy (non-hydrogen) atoms. The molecule has 0 radical (unpaired) electrons. The zero-order valence-corrected chi connectivity index (χ0v) is 16.0. The molecule has 0 aliphatic carbocycles. The van der Waals surface area contributed by atoms with Gasteiger partial charge in [-0.05, 0) is 67.9 Å². The fourth-order valence-electron chi connectivity index (χ4n) is 3.67. The van der Waals surface area contributed by atoms with Crippen LogP contribution in [0.25, 0.3) is 6.08 Å². The lowest BCUT2D eigenvalue weighted by atomic mass is 10.0. The fraction of sp³-hybridized carbons (Fsp3) is 0.450. The van der Waals surface area contributed by atoms with E-state index in [1.54, 1.807) is 5.41 Å². The number of rotatable bonds is 3. The minimum atomic E-state index is 0.690. The normalized spacial score (nSPS) is 21.0. The number of nitrogens with one attached hydrogen (secondary N) is 1. The number of anilines is 1. The van der Waals surface area contributed by atoms with Gasteiger partial charge in [-0.25, -0.2) is 0 Å². The molecule has 0 bridgehead atoms. The van der Waals surface area contributed by atoms with E-state index in [0.717, 1.165) is 6.34 Å². The van der Waals surface area contributed by atoms with Gasteiger partial charge in [-0.15, -0.1) is 0 Å². The predicted molar refractivity (Wildman–Crippen MR) is 113 cm³/mol. The Morgan fingerprint density at radius 3 is 2.72 bits per heavy atom. The third-order valence-corrected chi connectivity index (χ3v) is 4.97. The first-order valence-electron chi connectivity index (χ1n) is 8.95. The van der Waals surface area contributed by atoms with Gasteiger partial charge in [0.1, 0.15) is 0 Å². The summed E-state index contributed by atoms with van der Waals surface area (Å²) >= 11 is 4.09. The first-order chi connectivity index (χ1) is 12.2. The van der Waals surface area contributed by atoms with Crippen LogP contribution >= 0.6 is 12.6 Å². The molecule has 3 N–H and O–H groups in total. The van der Waals surface area contributed by atoms with Crippen LogP contribution < -0.4 is 10.6 Å². The molecule has 1 aromatic carbocycles. The van der Waals surface area contributed by atoms with E-state index in [0.29, 0.717) is 6.04 Å². The van der Waals surface area contributed by atoms with Gasteiger partial charge < -0.3 is 15.5 Å². The molecule has 136 valence electrons. The minimum absolute atomic E-state index is 0.690. The number of hydrogen-bond acceptors (Lipinski definition) is 4. The maximum atomic E-state index is 5.86. The number of aryl methyl sites for hydroxylation is 1. The second-order valence-electron chi connectivity index (χ2n) is 6.61. The molecule has 5 heteroatoms. The number of hydrogen-bond donors (Lipinski definition) is 3. The zero-order valence-electron chi connectivity index (χ0n) is 15.1. The lowest BCUT2D eigenvalue weighted by Gasteiger charge is -2.31. The minimum Gasteiger partial charge on any atom is -0.390 e. The summed E-state index contributed by atoms with van der Waals surface area (Å²) < 4.78 is 0. The van der Waals surface area contributed by atoms with Gasteiger partial charge in [0, 0.05) is 24.8 Å². The molecule has 0 saturated carbocycles. The van der Waals surface area contributed by atoms with Gasteiger partial charge in [0.25, 0.3) is 0 Å². The summed E-state index contributed by atoms with van der Waals surface area (Å²) in [7, 11) is 2.24. The summed E-state index contributed by atoms with van der Waals surface area (Å²) in [4.78, 5) is 5.13. The Morgan fingerprint density at radius 2 is 2.04 bits per heavy atom. The Morgan fingerprint density at radius 1 is 1.24 bits per heavy atom. The molecule has 1 aromatic rings. The third-order valence-electron chi connectivity index (χ3n) is 4.80. The van der Waals surface area contributed by atoms with Crippen LogP contribution in [0.15, 0.2) is 35.8 Å². The summed E-state index contributed by atoms with van der Waals surface area (Å²) in [6, 6.07) is 7.65. The van der Waals surface area contributed by atoms with Crippen LogP contribution in [-0.2, 0) is 6.42 Å². The standard InChI is InChI=1S/C19H26N2S.CH4N2/c1-20-12-10-18(15-20)21-11-4-2-7-17-14-16(6-3-5-13-22)8-9-19(17)21;2-1-3/h3,5-6,8-9,13-14,18,22H,2,4,7,10-12,15H2,1H3;1H,(H3,2,3)/b6-3+,13-5-;. The molecule has 0 aromatic heterocycles. The number of likely N-dealkylation sites (tertiary alicyclic amines) is 1. The Labute approximate surface area is 157 Å². The smallest absolute Gasteiger partial charge is 0.0765 e. The molecule has 4 nitrogen and oxygen atoms in total. The largest absolute Gasteiger partial charge is 0.390 e. The van der Waals surface area contributed by atoms with E-state index in [4.69, 9.17) is 5.41 Å². The van der Waals surface area contributed by atoms with E-state index in [2.05, 4.69) is 65.6 Å². The van der Waals surface area contributed by atoms with E-state index >= 15 is 0 Å². The average Bonchev–Trinajstić information content (AvgIpc) is 2.91. The third kappa shape index (κ3) is 5.65. The van der Waals surface area contributed by atoms with Gasteiger partial charge in [0.15, 0.2) is 0 Å². The van der Waals surface area contributed by atoms with Crippen molar-refractivity contribution in [1.29, 1.82) is 5.41 Å². The molecule has 2 heterocycles. The number of likely N-dealkylation sites (N-methyl/N-ethyl adjacent to an activating group) is 1. The number of fused-ring (bicyclic) bond motifs is 1. The average molecular weight is 359 g/mol. The predicted octanol–water partition coefficient (Wildman–Crippen LogP) is 3.54. The molecule has 0 amide bonds. The highest BCUT2D eigenvalue weighted by molar-refractivity contribution is 7.83. The second-order valence-corrected chi connectivity index (χ2v) is 6.91. The van der Waals surface area contributed by atoms with Crippen molar-refractivity contribution in [2.45, 2.75) is 31.7 Å². The molecular formula is C20H30N4S. The van der Waals surface area contributed by atoms with Gasteiger partial charge in [-0.2, -0.15) is 12.6 Å². The number of nitrogens with two attached hydrogens (primary N) is 1. The molecule has 2 aliphatic heterocycles. The van der Waals surface area contributed by atoms with Crippen LogP contribution in [0.1, 0.15) is 30.4 Å². The van der Waals surface area contributed by atoms with Crippen molar-refractivity contribution in [1.82, 2.24) is 4.90 Å². The quantitative estimate of drug-likeness (QED) is 0.335. The summed E-state index contributed by atoms with van der Waals surface area (Å²) in [5.74, 6) is 0. The van der Waals surface area contributed by atoms with Crippen molar-refractivity contribution in [2.24, 2.45) is 5.73 Å². The number of thiol groups is 1. The Kier molecular flexibility index (Phi) is 8.09. The van der Waals surface area contributed by atoms with Gasteiger partial charge in [-0.1, -0.05) is 24.3 Å². The van der Waals surface area contributed by atoms with Crippen molar-refractivity contribution < 1.29 is 0 Å². The second kappa shape index (κ2) is 10.3. The van der Waals surface area contributed by atoms with Gasteiger partial charge in [-0.3, -0.25) is 5.41 Å². The molecule has 1 saturated heterocycles. The zero-order chi connectivity index (χ0) is 18.1. The molecule has 3 rings (SSSR count). The highest BCUT2D eigenvalue weighted by Gasteiger charge is 2.28. The Bertz CT molecular complexity index is 612. The number of allylic oxidation sites excluding steroid dienone is 2. The molecule has 1 atom stereocenters. The molecule has 2 aliphatic rings. The van der Waals surface area contributed by atoms with Crippen LogP contribution in [0.3, 0.4) is 0 Å². The number of benzene rings is 1. The highest BCUT2D eigenvalue weighted by atomic mass is 32.1. The van der Waals surface area contributed by atoms with Crippen molar-refractivity contribution in [3.8, 4) is 0 Å². The van der Waals surface area contributed by atoms with Crippen molar-refractivity contribution in [2.75, 3.05) is 31.6 Å². The van der Waals surface area contributed by atoms with Crippen molar-refractivity contribution in [3.63, 3.8) is 0 Å². The van der Waals surface area contributed by atoms with Crippen LogP contribution in [0, 0.1) is 5.41 Å². The van der Waals surface area contributed by atoms with E-state index in [-0.39, 0.29) is 0 Å². The Hall–Kier alpha value is -1.72. The summed E-state index contributed by atoms with van der Waals surface area (Å²) in [5, 5.41) is 7.62. The highest BCUT2D eigenvalue weighted by Crippen LogP contribution is 2.31. The lowest BCUT2D eigenvalue weighted by molar-refractivity contribution is 0.407. The van der Waals surface area contributed by atoms with Crippen molar-refractivity contribution >= 4 is 30.7 Å². The number of nitrogens with zero attached hydrogens (tertiary/aromatic N) is 2. The maximum Gasteiger partial charge on any atom is 0.0765 e. The molecule has 1 unspecified atom stereocenters. The topological polar surface area (TPSA) is 56.4 Å². The van der Waals surface area contributed by atoms with Crippen LogP contribution in [0.5, 0.6) is 0 Å². The first-order valence-corrected chi connectivity index (χ1v) is 9.47. The van der Waals surface area contributed by atoms with Gasteiger partial charge in [0.05, 0.1) is 6.34 Å². The van der Waals surface area contributed by atoms with Gasteiger partial charge in [0.2, 0.25) is 0 Å². The van der Waals surface area contributed by atoms with E-state index in [9.17, 15) is 0 Å². The summed E-state index contributed by atoms with van der Waals surface area (Å²) in [5.41, 5.74) is 8.67. The van der Waals surface area contributed by atoms with Gasteiger partial charge >= 0.3 is 0 Å². The van der Waals surface area contributed by atoms with E-state index in [1.807, 2.05) is 6.08 Å². The first kappa shape index (κ1) is 19.6. The molecule has 0 spiro atoms. The lowest BCUT2D eigenvalue weighted by Crippen LogP contribution is -2.37. The molecular weight excluding hydrogens is 328 g/mol. The monoisotopic (exact) mass is 358 g/mol. The summed E-state index contributed by atoms with van der Waals surface area (Å²) in [6.07, 6.45) is 12.0. The van der Waals surface area contributed by atoms with Crippen LogP contribution in [0.4, 0.5) is 5.69 Å². The maximum absolute atomic E-state index is 5.86. The van der Waals surface area contributed by atoms with Crippen molar-refractivity contribution in [3.05, 3.63) is 46.9 Å². The van der Waals surface area contributed by atoms with Crippen LogP contribution in [-0.4, -0.2) is 44.0 Å². The van der Waals surface area contributed by atoms with Crippen LogP contribution in [0.2, 0.25) is 0 Å².